The van der Waals surface area contributed by atoms with Gasteiger partial charge in [-0.3, -0.25) is 0 Å². The van der Waals surface area contributed by atoms with Crippen LogP contribution in [0.1, 0.15) is 64.4 Å². The fraction of sp³-hybridized carbons (Fsp3) is 0.351. The minimum atomic E-state index is -0.524. The molecule has 6 rings (SSSR count). The lowest BCUT2D eigenvalue weighted by Crippen LogP contribution is -2.38. The van der Waals surface area contributed by atoms with Crippen molar-refractivity contribution in [3.63, 3.8) is 0 Å². The summed E-state index contributed by atoms with van der Waals surface area (Å²) in [6, 6.07) is 29.5. The smallest absolute Gasteiger partial charge is 0.162 e. The molecule has 0 N–H and O–H groups in total. The van der Waals surface area contributed by atoms with Crippen LogP contribution in [0, 0.1) is 0 Å². The topological polar surface area (TPSA) is 53.5 Å². The first kappa shape index (κ1) is 28.3. The average molecular weight is 561 g/mol. The third-order valence-corrected chi connectivity index (χ3v) is 8.10. The van der Waals surface area contributed by atoms with Gasteiger partial charge in [-0.2, -0.15) is 0 Å². The molecule has 0 bridgehead atoms. The zero-order chi connectivity index (χ0) is 28.9. The molecule has 3 heterocycles. The zero-order valence-electron chi connectivity index (χ0n) is 24.9. The Hall–Kier alpha value is -3.80. The van der Waals surface area contributed by atoms with Gasteiger partial charge in [0.15, 0.2) is 5.79 Å². The van der Waals surface area contributed by atoms with E-state index in [4.69, 9.17) is 24.2 Å². The molecule has 216 valence electrons. The second kappa shape index (κ2) is 12.6. The molecule has 0 aliphatic carbocycles. The van der Waals surface area contributed by atoms with Gasteiger partial charge >= 0.3 is 0 Å². The highest BCUT2D eigenvalue weighted by Crippen LogP contribution is 2.32. The summed E-state index contributed by atoms with van der Waals surface area (Å²) < 4.78 is 17.8. The van der Waals surface area contributed by atoms with E-state index in [2.05, 4.69) is 79.7 Å². The highest BCUT2D eigenvalue weighted by Gasteiger charge is 2.29. The highest BCUT2D eigenvalue weighted by molar-refractivity contribution is 6.04. The molecule has 0 radical (unpaired) electrons. The lowest BCUT2D eigenvalue weighted by Gasteiger charge is -2.35. The highest BCUT2D eigenvalue weighted by atomic mass is 16.7. The second-order valence-corrected chi connectivity index (χ2v) is 11.7. The molecule has 3 aromatic carbocycles. The monoisotopic (exact) mass is 560 g/mol. The van der Waals surface area contributed by atoms with Crippen molar-refractivity contribution < 1.29 is 14.2 Å². The van der Waals surface area contributed by atoms with Gasteiger partial charge in [-0.1, -0.05) is 75.1 Å². The molecule has 0 saturated carbocycles. The molecule has 1 saturated heterocycles. The standard InChI is InChI=1S/C37H40N2O3/c1-4-5-6-7-8-22-40-32-18-14-26(15-19-32)33-20-16-27-12-13-28-17-21-34(39-36(28)35(27)38-33)30-11-9-10-29(23-30)31-24-41-37(2,3)42-25-31/h9-21,23,31H,4-8,22,24-25H2,1-3H3. The van der Waals surface area contributed by atoms with Crippen LogP contribution in [-0.2, 0) is 9.47 Å². The van der Waals surface area contributed by atoms with Crippen LogP contribution in [0.5, 0.6) is 5.75 Å². The maximum atomic E-state index is 5.97. The number of aromatic nitrogens is 2. The Morgan fingerprint density at radius 1 is 0.714 bits per heavy atom. The van der Waals surface area contributed by atoms with Gasteiger partial charge in [-0.25, -0.2) is 9.97 Å². The number of pyridine rings is 2. The normalized spacial score (nSPS) is 15.3. The van der Waals surface area contributed by atoms with Gasteiger partial charge in [0, 0.05) is 27.8 Å². The first-order valence-corrected chi connectivity index (χ1v) is 15.3. The van der Waals surface area contributed by atoms with Crippen molar-refractivity contribution in [3.05, 3.63) is 90.5 Å². The summed E-state index contributed by atoms with van der Waals surface area (Å²) in [4.78, 5) is 10.3. The first-order chi connectivity index (χ1) is 20.5. The van der Waals surface area contributed by atoms with E-state index >= 15 is 0 Å². The zero-order valence-corrected chi connectivity index (χ0v) is 24.9. The Morgan fingerprint density at radius 2 is 1.33 bits per heavy atom. The molecule has 0 atom stereocenters. The molecule has 1 aliphatic rings. The minimum Gasteiger partial charge on any atom is -0.494 e. The number of ether oxygens (including phenoxy) is 3. The number of hydrogen-bond donors (Lipinski definition) is 0. The van der Waals surface area contributed by atoms with Crippen LogP contribution in [0.2, 0.25) is 0 Å². The Labute approximate surface area is 248 Å². The average Bonchev–Trinajstić information content (AvgIpc) is 3.02. The Balaban J connectivity index is 1.24. The lowest BCUT2D eigenvalue weighted by atomic mass is 9.96. The van der Waals surface area contributed by atoms with E-state index in [0.29, 0.717) is 13.2 Å². The van der Waals surface area contributed by atoms with Crippen LogP contribution in [0.4, 0.5) is 0 Å². The Kier molecular flexibility index (Phi) is 8.50. The molecule has 2 aromatic heterocycles. The van der Waals surface area contributed by atoms with E-state index in [1.165, 1.54) is 31.2 Å². The van der Waals surface area contributed by atoms with Crippen LogP contribution in [0.25, 0.3) is 44.3 Å². The summed E-state index contributed by atoms with van der Waals surface area (Å²) in [6.45, 7) is 8.21. The predicted octanol–water partition coefficient (Wildman–Crippen LogP) is 9.33. The number of benzene rings is 3. The number of nitrogens with zero attached hydrogens (tertiary/aromatic N) is 2. The second-order valence-electron chi connectivity index (χ2n) is 11.7. The quantitative estimate of drug-likeness (QED) is 0.126. The third-order valence-electron chi connectivity index (χ3n) is 8.10. The molecule has 5 aromatic rings. The summed E-state index contributed by atoms with van der Waals surface area (Å²) in [6.07, 6.45) is 6.18. The maximum Gasteiger partial charge on any atom is 0.162 e. The molecule has 1 aliphatic heterocycles. The van der Waals surface area contributed by atoms with Gasteiger partial charge in [0.1, 0.15) is 5.75 Å². The van der Waals surface area contributed by atoms with Gasteiger partial charge in [-0.05, 0) is 68.3 Å². The molecule has 5 nitrogen and oxygen atoms in total. The summed E-state index contributed by atoms with van der Waals surface area (Å²) in [7, 11) is 0. The van der Waals surface area contributed by atoms with Crippen molar-refractivity contribution in [2.24, 2.45) is 0 Å². The molecule has 1 fully saturated rings. The van der Waals surface area contributed by atoms with Crippen molar-refractivity contribution in [1.29, 1.82) is 0 Å². The number of unbranched alkanes of at least 4 members (excludes halogenated alkanes) is 4. The van der Waals surface area contributed by atoms with E-state index in [1.54, 1.807) is 0 Å². The third kappa shape index (κ3) is 6.48. The fourth-order valence-corrected chi connectivity index (χ4v) is 5.54. The fourth-order valence-electron chi connectivity index (χ4n) is 5.54. The number of hydrogen-bond acceptors (Lipinski definition) is 5. The molecular formula is C37H40N2O3. The molecule has 0 spiro atoms. The lowest BCUT2D eigenvalue weighted by molar-refractivity contribution is -0.251. The van der Waals surface area contributed by atoms with Gasteiger partial charge in [0.25, 0.3) is 0 Å². The van der Waals surface area contributed by atoms with Crippen molar-refractivity contribution in [1.82, 2.24) is 9.97 Å². The molecule has 5 heteroatoms. The van der Waals surface area contributed by atoms with Crippen molar-refractivity contribution in [2.75, 3.05) is 19.8 Å². The first-order valence-electron chi connectivity index (χ1n) is 15.3. The number of fused-ring (bicyclic) bond motifs is 3. The molecule has 42 heavy (non-hydrogen) atoms. The van der Waals surface area contributed by atoms with E-state index in [-0.39, 0.29) is 5.92 Å². The van der Waals surface area contributed by atoms with Gasteiger partial charge in [0.2, 0.25) is 0 Å². The molecule has 0 unspecified atom stereocenters. The van der Waals surface area contributed by atoms with E-state index in [9.17, 15) is 0 Å². The van der Waals surface area contributed by atoms with Crippen LogP contribution < -0.4 is 4.74 Å². The van der Waals surface area contributed by atoms with Crippen molar-refractivity contribution >= 4 is 21.8 Å². The summed E-state index contributed by atoms with van der Waals surface area (Å²) >= 11 is 0. The summed E-state index contributed by atoms with van der Waals surface area (Å²) in [5, 5.41) is 2.15. The van der Waals surface area contributed by atoms with Gasteiger partial charge in [-0.15, -0.1) is 0 Å². The van der Waals surface area contributed by atoms with Crippen LogP contribution in [0.3, 0.4) is 0 Å². The molecular weight excluding hydrogens is 520 g/mol. The van der Waals surface area contributed by atoms with E-state index < -0.39 is 5.79 Å². The van der Waals surface area contributed by atoms with Crippen LogP contribution >= 0.6 is 0 Å². The van der Waals surface area contributed by atoms with Crippen molar-refractivity contribution in [3.8, 4) is 28.3 Å². The van der Waals surface area contributed by atoms with Crippen LogP contribution in [-0.4, -0.2) is 35.6 Å². The van der Waals surface area contributed by atoms with E-state index in [1.807, 2.05) is 26.0 Å². The molecule has 0 amide bonds. The van der Waals surface area contributed by atoms with Crippen LogP contribution in [0.15, 0.2) is 84.9 Å². The minimum absolute atomic E-state index is 0.200. The predicted molar refractivity (Wildman–Crippen MR) is 171 cm³/mol. The largest absolute Gasteiger partial charge is 0.494 e. The van der Waals surface area contributed by atoms with Crippen molar-refractivity contribution in [2.45, 2.75) is 64.6 Å². The maximum absolute atomic E-state index is 5.97. The Bertz CT molecular complexity index is 1650. The summed E-state index contributed by atoms with van der Waals surface area (Å²) in [5.74, 6) is 0.583. The Morgan fingerprint density at radius 3 is 2.00 bits per heavy atom. The SMILES string of the molecule is CCCCCCCOc1ccc(-c2ccc3ccc4ccc(-c5cccc(C6COC(C)(C)OC6)c5)nc4c3n2)cc1. The van der Waals surface area contributed by atoms with E-state index in [0.717, 1.165) is 63.1 Å². The van der Waals surface area contributed by atoms with Gasteiger partial charge in [0.05, 0.1) is 42.2 Å². The summed E-state index contributed by atoms with van der Waals surface area (Å²) in [5.41, 5.74) is 7.01. The van der Waals surface area contributed by atoms with Gasteiger partial charge < -0.3 is 14.2 Å². The number of rotatable bonds is 10.